The summed E-state index contributed by atoms with van der Waals surface area (Å²) in [7, 11) is 0. The number of allylic oxidation sites excluding steroid dienone is 4. The second-order valence-corrected chi connectivity index (χ2v) is 10.5. The number of aliphatic imine (C=N–C) groups is 1. The van der Waals surface area contributed by atoms with E-state index in [2.05, 4.69) is 50.6 Å². The Morgan fingerprint density at radius 3 is 2.56 bits per heavy atom. The van der Waals surface area contributed by atoms with Gasteiger partial charge in [-0.3, -0.25) is 4.99 Å². The van der Waals surface area contributed by atoms with Gasteiger partial charge in [0.25, 0.3) is 0 Å². The third-order valence-electron chi connectivity index (χ3n) is 7.37. The number of fused-ring (bicyclic) bond motifs is 2. The average Bonchev–Trinajstić information content (AvgIpc) is 3.67. The largest absolute Gasteiger partial charge is 0.461 e. The molecule has 0 amide bonds. The van der Waals surface area contributed by atoms with E-state index < -0.39 is 5.41 Å². The van der Waals surface area contributed by atoms with E-state index in [0.29, 0.717) is 5.70 Å². The van der Waals surface area contributed by atoms with Crippen LogP contribution in [0, 0.1) is 6.92 Å². The topological polar surface area (TPSA) is 82.5 Å². The third kappa shape index (κ3) is 5.33. The van der Waals surface area contributed by atoms with E-state index in [1.165, 1.54) is 0 Å². The Balaban J connectivity index is 1.38. The number of furan rings is 2. The SMILES string of the molecule is C=Cc1c(/C=C\C)oc2ccc(N=C/C=C(\N)C(C)(C)c3ccn(-c4ccc5oc(C)c(/C=C\CC)c5c4)n3)cc12. The molecule has 0 aliphatic carbocycles. The smallest absolute Gasteiger partial charge is 0.135 e. The van der Waals surface area contributed by atoms with Crippen LogP contribution in [0.2, 0.25) is 0 Å². The predicted octanol–water partition coefficient (Wildman–Crippen LogP) is 9.30. The van der Waals surface area contributed by atoms with Gasteiger partial charge < -0.3 is 14.6 Å². The zero-order valence-corrected chi connectivity index (χ0v) is 24.3. The summed E-state index contributed by atoms with van der Waals surface area (Å²) >= 11 is 0. The first-order chi connectivity index (χ1) is 19.8. The highest BCUT2D eigenvalue weighted by molar-refractivity contribution is 5.93. The summed E-state index contributed by atoms with van der Waals surface area (Å²) in [6.07, 6.45) is 16.5. The van der Waals surface area contributed by atoms with E-state index in [0.717, 1.165) is 68.1 Å². The molecular weight excluding hydrogens is 508 g/mol. The van der Waals surface area contributed by atoms with Crippen LogP contribution in [-0.2, 0) is 5.41 Å². The number of hydrogen-bond acceptors (Lipinski definition) is 5. The lowest BCUT2D eigenvalue weighted by molar-refractivity contribution is 0.577. The summed E-state index contributed by atoms with van der Waals surface area (Å²) in [5.41, 5.74) is 13.1. The second-order valence-electron chi connectivity index (χ2n) is 10.5. The summed E-state index contributed by atoms with van der Waals surface area (Å²) in [6.45, 7) is 14.1. The molecule has 3 heterocycles. The summed E-state index contributed by atoms with van der Waals surface area (Å²) in [4.78, 5) is 4.63. The van der Waals surface area contributed by atoms with Crippen LogP contribution in [0.5, 0.6) is 0 Å². The maximum absolute atomic E-state index is 6.58. The number of aryl methyl sites for hydroxylation is 1. The van der Waals surface area contributed by atoms with Crippen LogP contribution >= 0.6 is 0 Å². The van der Waals surface area contributed by atoms with E-state index in [1.807, 2.05) is 85.4 Å². The van der Waals surface area contributed by atoms with Crippen molar-refractivity contribution < 1.29 is 8.83 Å². The molecule has 0 unspecified atom stereocenters. The minimum atomic E-state index is -0.505. The molecule has 0 aliphatic heterocycles. The van der Waals surface area contributed by atoms with Crippen molar-refractivity contribution in [1.29, 1.82) is 0 Å². The van der Waals surface area contributed by atoms with Crippen molar-refractivity contribution in [2.45, 2.75) is 46.5 Å². The Labute approximate surface area is 240 Å². The third-order valence-corrected chi connectivity index (χ3v) is 7.37. The summed E-state index contributed by atoms with van der Waals surface area (Å²) in [5, 5.41) is 6.94. The van der Waals surface area contributed by atoms with Gasteiger partial charge in [-0.25, -0.2) is 4.68 Å². The van der Waals surface area contributed by atoms with Gasteiger partial charge in [0.2, 0.25) is 0 Å². The second kappa shape index (κ2) is 11.3. The first-order valence-electron chi connectivity index (χ1n) is 13.8. The highest BCUT2D eigenvalue weighted by atomic mass is 16.3. The van der Waals surface area contributed by atoms with Gasteiger partial charge in [-0.1, -0.05) is 37.8 Å². The molecule has 208 valence electrons. The predicted molar refractivity (Wildman–Crippen MR) is 172 cm³/mol. The number of benzene rings is 2. The van der Waals surface area contributed by atoms with E-state index in [4.69, 9.17) is 19.7 Å². The summed E-state index contributed by atoms with van der Waals surface area (Å²) in [5.74, 6) is 1.70. The van der Waals surface area contributed by atoms with Gasteiger partial charge in [-0.15, -0.1) is 0 Å². The Hall–Kier alpha value is -4.84. The van der Waals surface area contributed by atoms with Crippen LogP contribution < -0.4 is 5.73 Å². The lowest BCUT2D eigenvalue weighted by atomic mass is 9.86. The number of nitrogens with zero attached hydrogens (tertiary/aromatic N) is 3. The summed E-state index contributed by atoms with van der Waals surface area (Å²) in [6, 6.07) is 14.0. The highest BCUT2D eigenvalue weighted by Crippen LogP contribution is 2.32. The minimum absolute atomic E-state index is 0.505. The number of nitrogens with two attached hydrogens (primary N) is 1. The van der Waals surface area contributed by atoms with Gasteiger partial charge in [0.05, 0.1) is 17.1 Å². The van der Waals surface area contributed by atoms with E-state index in [-0.39, 0.29) is 0 Å². The van der Waals surface area contributed by atoms with Gasteiger partial charge in [-0.05, 0) is 88.7 Å². The standard InChI is InChI=1S/C35H36N4O2/c1-7-10-12-27-23(4)40-31-16-14-25(22-29(27)31)39-20-18-34(38-39)35(5,6)33(36)17-19-37-24-13-15-32-28(21-24)26(9-3)30(41-32)11-8-2/h8-22H,3,7,36H2,1-2,4-6H3/b11-8-,12-10-,33-17-,37-19?. The van der Waals surface area contributed by atoms with Gasteiger partial charge in [0.15, 0.2) is 0 Å². The molecule has 0 spiro atoms. The molecule has 3 aromatic heterocycles. The first-order valence-corrected chi connectivity index (χ1v) is 13.8. The van der Waals surface area contributed by atoms with E-state index in [1.54, 1.807) is 6.21 Å². The van der Waals surface area contributed by atoms with Gasteiger partial charge in [-0.2, -0.15) is 5.10 Å². The van der Waals surface area contributed by atoms with Crippen LogP contribution in [0.15, 0.2) is 93.0 Å². The van der Waals surface area contributed by atoms with Crippen molar-refractivity contribution in [3.63, 3.8) is 0 Å². The highest BCUT2D eigenvalue weighted by Gasteiger charge is 2.26. The fraction of sp³-hybridized carbons (Fsp3) is 0.200. The molecule has 41 heavy (non-hydrogen) atoms. The molecule has 0 aliphatic rings. The zero-order chi connectivity index (χ0) is 29.1. The Bertz CT molecular complexity index is 1850. The van der Waals surface area contributed by atoms with Crippen LogP contribution in [0.25, 0.3) is 45.9 Å². The van der Waals surface area contributed by atoms with Crippen molar-refractivity contribution in [3.05, 3.63) is 108 Å². The minimum Gasteiger partial charge on any atom is -0.461 e. The Morgan fingerprint density at radius 2 is 1.80 bits per heavy atom. The van der Waals surface area contributed by atoms with Crippen LogP contribution in [0.3, 0.4) is 0 Å². The Morgan fingerprint density at radius 1 is 1.05 bits per heavy atom. The fourth-order valence-electron chi connectivity index (χ4n) is 4.86. The molecule has 0 atom stereocenters. The molecule has 0 bridgehead atoms. The van der Waals surface area contributed by atoms with Gasteiger partial charge >= 0.3 is 0 Å². The molecule has 6 heteroatoms. The molecule has 6 nitrogen and oxygen atoms in total. The first kappa shape index (κ1) is 27.7. The molecule has 0 saturated heterocycles. The fourth-order valence-corrected chi connectivity index (χ4v) is 4.86. The van der Waals surface area contributed by atoms with Crippen molar-refractivity contribution in [2.75, 3.05) is 0 Å². The van der Waals surface area contributed by atoms with Crippen LogP contribution in [-0.4, -0.2) is 16.0 Å². The summed E-state index contributed by atoms with van der Waals surface area (Å²) < 4.78 is 13.8. The van der Waals surface area contributed by atoms with Crippen molar-refractivity contribution in [3.8, 4) is 5.69 Å². The maximum Gasteiger partial charge on any atom is 0.135 e. The van der Waals surface area contributed by atoms with Crippen LogP contribution in [0.1, 0.15) is 62.5 Å². The lowest BCUT2D eigenvalue weighted by Gasteiger charge is -2.22. The van der Waals surface area contributed by atoms with E-state index >= 15 is 0 Å². The Kier molecular flexibility index (Phi) is 7.66. The monoisotopic (exact) mass is 544 g/mol. The number of aromatic nitrogens is 2. The lowest BCUT2D eigenvalue weighted by Crippen LogP contribution is -2.26. The van der Waals surface area contributed by atoms with Crippen LogP contribution in [0.4, 0.5) is 5.69 Å². The number of rotatable bonds is 9. The average molecular weight is 545 g/mol. The van der Waals surface area contributed by atoms with Crippen molar-refractivity contribution in [2.24, 2.45) is 10.7 Å². The molecule has 0 fully saturated rings. The van der Waals surface area contributed by atoms with Gasteiger partial charge in [0.1, 0.15) is 22.7 Å². The number of hydrogen-bond donors (Lipinski definition) is 1. The maximum atomic E-state index is 6.58. The molecule has 0 radical (unpaired) electrons. The van der Waals surface area contributed by atoms with Gasteiger partial charge in [0, 0.05) is 45.4 Å². The molecule has 2 aromatic carbocycles. The quantitative estimate of drug-likeness (QED) is 0.187. The molecular formula is C35H36N4O2. The zero-order valence-electron chi connectivity index (χ0n) is 24.3. The molecule has 2 N–H and O–H groups in total. The molecule has 5 rings (SSSR count). The molecule has 0 saturated carbocycles. The van der Waals surface area contributed by atoms with E-state index in [9.17, 15) is 0 Å². The normalized spacial score (nSPS) is 13.1. The molecule has 5 aromatic rings. The van der Waals surface area contributed by atoms with Crippen molar-refractivity contribution >= 4 is 52.1 Å². The van der Waals surface area contributed by atoms with Crippen molar-refractivity contribution in [1.82, 2.24) is 9.78 Å².